The van der Waals surface area contributed by atoms with Crippen molar-refractivity contribution in [1.29, 1.82) is 0 Å². The van der Waals surface area contributed by atoms with Gasteiger partial charge in [-0.25, -0.2) is 8.42 Å². The Morgan fingerprint density at radius 1 is 0.838 bits per heavy atom. The fraction of sp³-hybridized carbons (Fsp3) is 0.167. The molecule has 4 aromatic carbocycles. The number of nitrogens with one attached hydrogen (secondary N) is 1. The number of hydrogen-bond donors (Lipinski definition) is 1. The van der Waals surface area contributed by atoms with Crippen LogP contribution in [0.4, 0.5) is 11.4 Å². The molecule has 4 rings (SSSR count). The van der Waals surface area contributed by atoms with Crippen LogP contribution in [-0.2, 0) is 14.8 Å². The Bertz CT molecular complexity index is 1450. The molecule has 0 fully saturated rings. The van der Waals surface area contributed by atoms with Gasteiger partial charge in [-0.15, -0.1) is 0 Å². The second-order valence-electron chi connectivity index (χ2n) is 9.03. The Kier molecular flexibility index (Phi) is 8.36. The van der Waals surface area contributed by atoms with Crippen molar-refractivity contribution in [3.63, 3.8) is 0 Å². The quantitative estimate of drug-likeness (QED) is 0.251. The van der Waals surface area contributed by atoms with E-state index in [0.717, 1.165) is 20.9 Å². The highest BCUT2D eigenvalue weighted by atomic mass is 32.2. The molecular weight excluding hydrogens is 500 g/mol. The lowest BCUT2D eigenvalue weighted by molar-refractivity contribution is -0.114. The molecule has 0 saturated carbocycles. The molecule has 5 nitrogen and oxygen atoms in total. The van der Waals surface area contributed by atoms with Gasteiger partial charge in [0.25, 0.3) is 10.0 Å². The molecule has 0 atom stereocenters. The zero-order valence-corrected chi connectivity index (χ0v) is 22.7. The van der Waals surface area contributed by atoms with Crippen LogP contribution in [-0.4, -0.2) is 20.9 Å². The zero-order valence-electron chi connectivity index (χ0n) is 21.1. The zero-order chi connectivity index (χ0) is 26.4. The van der Waals surface area contributed by atoms with Crippen molar-refractivity contribution >= 4 is 39.1 Å². The molecule has 4 aromatic rings. The van der Waals surface area contributed by atoms with Crippen molar-refractivity contribution in [2.75, 3.05) is 16.2 Å². The van der Waals surface area contributed by atoms with E-state index in [0.29, 0.717) is 17.3 Å². The van der Waals surface area contributed by atoms with Crippen LogP contribution in [0, 0.1) is 6.92 Å². The van der Waals surface area contributed by atoms with Crippen molar-refractivity contribution in [3.05, 3.63) is 114 Å². The number of carbonyl (C=O) groups excluding carboxylic acids is 1. The molecule has 0 bridgehead atoms. The number of benzene rings is 4. The number of para-hydroxylation sites is 1. The van der Waals surface area contributed by atoms with Gasteiger partial charge in [0.05, 0.1) is 16.3 Å². The van der Waals surface area contributed by atoms with E-state index in [1.54, 1.807) is 36.4 Å². The average Bonchev–Trinajstić information content (AvgIpc) is 2.89. The predicted molar refractivity (Wildman–Crippen MR) is 152 cm³/mol. The average molecular weight is 531 g/mol. The first-order valence-electron chi connectivity index (χ1n) is 12.0. The van der Waals surface area contributed by atoms with Crippen molar-refractivity contribution < 1.29 is 13.2 Å². The summed E-state index contributed by atoms with van der Waals surface area (Å²) < 4.78 is 28.6. The Hall–Kier alpha value is -3.55. The summed E-state index contributed by atoms with van der Waals surface area (Å²) in [5, 5.41) is 2.93. The van der Waals surface area contributed by atoms with E-state index in [1.165, 1.54) is 16.1 Å². The first kappa shape index (κ1) is 26.5. The summed E-state index contributed by atoms with van der Waals surface area (Å²) in [6.45, 7) is 5.70. The van der Waals surface area contributed by atoms with Crippen molar-refractivity contribution in [2.45, 2.75) is 41.4 Å². The summed E-state index contributed by atoms with van der Waals surface area (Å²) in [6.07, 6.45) is 0. The standard InChI is InChI=1S/C30H30N2O3S2/c1-22(2)24-15-17-25(18-16-24)32(37(34,35)27-19-13-23(3)14-20-27)21-30(33)31-28-11-7-8-12-29(28)36-26-9-5-4-6-10-26/h4-20,22H,21H2,1-3H3,(H,31,33). The molecule has 37 heavy (non-hydrogen) atoms. The van der Waals surface area contributed by atoms with Gasteiger partial charge >= 0.3 is 0 Å². The number of nitrogens with zero attached hydrogens (tertiary/aromatic N) is 1. The molecule has 0 radical (unpaired) electrons. The molecule has 0 spiro atoms. The van der Waals surface area contributed by atoms with Gasteiger partial charge in [-0.1, -0.05) is 85.8 Å². The van der Waals surface area contributed by atoms with E-state index in [1.807, 2.05) is 73.7 Å². The second kappa shape index (κ2) is 11.7. The number of rotatable bonds is 9. The van der Waals surface area contributed by atoms with E-state index >= 15 is 0 Å². The van der Waals surface area contributed by atoms with Gasteiger partial charge in [-0.3, -0.25) is 9.10 Å². The van der Waals surface area contributed by atoms with E-state index in [9.17, 15) is 13.2 Å². The highest BCUT2D eigenvalue weighted by molar-refractivity contribution is 7.99. The van der Waals surface area contributed by atoms with Crippen LogP contribution in [0.1, 0.15) is 30.9 Å². The summed E-state index contributed by atoms with van der Waals surface area (Å²) in [5.41, 5.74) is 3.11. The van der Waals surface area contributed by atoms with E-state index in [2.05, 4.69) is 19.2 Å². The smallest absolute Gasteiger partial charge is 0.264 e. The van der Waals surface area contributed by atoms with Crippen LogP contribution in [0.3, 0.4) is 0 Å². The van der Waals surface area contributed by atoms with Gasteiger partial charge < -0.3 is 5.32 Å². The number of sulfonamides is 1. The summed E-state index contributed by atoms with van der Waals surface area (Å²) in [4.78, 5) is 15.3. The molecule has 0 aromatic heterocycles. The highest BCUT2D eigenvalue weighted by Crippen LogP contribution is 2.33. The largest absolute Gasteiger partial charge is 0.323 e. The van der Waals surface area contributed by atoms with Crippen molar-refractivity contribution in [3.8, 4) is 0 Å². The molecule has 1 amide bonds. The summed E-state index contributed by atoms with van der Waals surface area (Å²) in [5.74, 6) is -0.122. The van der Waals surface area contributed by atoms with Crippen molar-refractivity contribution in [1.82, 2.24) is 0 Å². The fourth-order valence-electron chi connectivity index (χ4n) is 3.77. The molecule has 0 saturated heterocycles. The Balaban J connectivity index is 1.63. The Labute approximate surface area is 223 Å². The maximum atomic E-state index is 13.7. The second-order valence-corrected chi connectivity index (χ2v) is 12.0. The number of aryl methyl sites for hydroxylation is 1. The van der Waals surface area contributed by atoms with Crippen LogP contribution < -0.4 is 9.62 Å². The third-order valence-corrected chi connectivity index (χ3v) is 8.75. The molecule has 0 aliphatic heterocycles. The van der Waals surface area contributed by atoms with E-state index in [4.69, 9.17) is 0 Å². The molecule has 0 aliphatic rings. The monoisotopic (exact) mass is 530 g/mol. The summed E-state index contributed by atoms with van der Waals surface area (Å²) >= 11 is 1.53. The van der Waals surface area contributed by atoms with Gasteiger partial charge in [-0.2, -0.15) is 0 Å². The molecule has 1 N–H and O–H groups in total. The molecular formula is C30H30N2O3S2. The van der Waals surface area contributed by atoms with Gasteiger partial charge in [0.2, 0.25) is 5.91 Å². The molecule has 0 heterocycles. The maximum absolute atomic E-state index is 13.7. The minimum Gasteiger partial charge on any atom is -0.323 e. The van der Waals surface area contributed by atoms with Crippen LogP contribution in [0.5, 0.6) is 0 Å². The lowest BCUT2D eigenvalue weighted by Gasteiger charge is -2.25. The summed E-state index contributed by atoms with van der Waals surface area (Å²) in [6, 6.07) is 31.4. The lowest BCUT2D eigenvalue weighted by atomic mass is 10.0. The predicted octanol–water partition coefficient (Wildman–Crippen LogP) is 7.10. The molecule has 7 heteroatoms. The minimum atomic E-state index is -3.98. The van der Waals surface area contributed by atoms with E-state index in [-0.39, 0.29) is 11.4 Å². The van der Waals surface area contributed by atoms with Gasteiger partial charge in [0.15, 0.2) is 0 Å². The Morgan fingerprint density at radius 2 is 1.46 bits per heavy atom. The molecule has 0 aliphatic carbocycles. The normalized spacial score (nSPS) is 11.4. The Morgan fingerprint density at radius 3 is 2.11 bits per heavy atom. The topological polar surface area (TPSA) is 66.5 Å². The van der Waals surface area contributed by atoms with Crippen LogP contribution in [0.2, 0.25) is 0 Å². The van der Waals surface area contributed by atoms with E-state index < -0.39 is 15.9 Å². The highest BCUT2D eigenvalue weighted by Gasteiger charge is 2.27. The lowest BCUT2D eigenvalue weighted by Crippen LogP contribution is -2.38. The maximum Gasteiger partial charge on any atom is 0.264 e. The number of hydrogen-bond acceptors (Lipinski definition) is 4. The third-order valence-electron chi connectivity index (χ3n) is 5.88. The summed E-state index contributed by atoms with van der Waals surface area (Å²) in [7, 11) is -3.98. The number of amides is 1. The minimum absolute atomic E-state index is 0.138. The van der Waals surface area contributed by atoms with Gasteiger partial charge in [0.1, 0.15) is 6.54 Å². The molecule has 190 valence electrons. The van der Waals surface area contributed by atoms with Crippen LogP contribution in [0.25, 0.3) is 0 Å². The third kappa shape index (κ3) is 6.61. The number of anilines is 2. The first-order chi connectivity index (χ1) is 17.7. The van der Waals surface area contributed by atoms with Gasteiger partial charge in [0, 0.05) is 9.79 Å². The SMILES string of the molecule is Cc1ccc(S(=O)(=O)N(CC(=O)Nc2ccccc2Sc2ccccc2)c2ccc(C(C)C)cc2)cc1. The number of carbonyl (C=O) groups is 1. The van der Waals surface area contributed by atoms with Crippen LogP contribution >= 0.6 is 11.8 Å². The first-order valence-corrected chi connectivity index (χ1v) is 14.3. The van der Waals surface area contributed by atoms with Gasteiger partial charge in [-0.05, 0) is 66.9 Å². The fourth-order valence-corrected chi connectivity index (χ4v) is 6.12. The van der Waals surface area contributed by atoms with Crippen molar-refractivity contribution in [2.24, 2.45) is 0 Å². The van der Waals surface area contributed by atoms with Crippen LogP contribution in [0.15, 0.2) is 118 Å². The molecule has 0 unspecified atom stereocenters.